The third-order valence-corrected chi connectivity index (χ3v) is 6.58. The summed E-state index contributed by atoms with van der Waals surface area (Å²) in [7, 11) is -1.84. The van der Waals surface area contributed by atoms with Gasteiger partial charge in [-0.1, -0.05) is 6.07 Å². The molecule has 0 bridgehead atoms. The first-order valence-corrected chi connectivity index (χ1v) is 9.28. The highest BCUT2D eigenvalue weighted by molar-refractivity contribution is 7.91. The lowest BCUT2D eigenvalue weighted by molar-refractivity contribution is 0.287. The predicted octanol–water partition coefficient (Wildman–Crippen LogP) is 3.37. The highest BCUT2D eigenvalue weighted by atomic mass is 32.2. The van der Waals surface area contributed by atoms with Crippen molar-refractivity contribution in [3.8, 4) is 5.75 Å². The number of hydrogen-bond donors (Lipinski definition) is 0. The maximum atomic E-state index is 12.4. The molecule has 0 radical (unpaired) electrons. The SMILES string of the molecule is Cc1cc(C)cc(OCCN(C)S(=O)(=O)c2ccc(C)s2)c1. The minimum absolute atomic E-state index is 0.312. The third kappa shape index (κ3) is 4.09. The van der Waals surface area contributed by atoms with Gasteiger partial charge in [0.1, 0.15) is 16.6 Å². The van der Waals surface area contributed by atoms with Crippen molar-refractivity contribution in [2.24, 2.45) is 0 Å². The van der Waals surface area contributed by atoms with Crippen molar-refractivity contribution in [1.82, 2.24) is 4.31 Å². The zero-order chi connectivity index (χ0) is 16.3. The average Bonchev–Trinajstić information content (AvgIpc) is 2.85. The van der Waals surface area contributed by atoms with Crippen molar-refractivity contribution in [1.29, 1.82) is 0 Å². The van der Waals surface area contributed by atoms with Crippen molar-refractivity contribution in [3.63, 3.8) is 0 Å². The lowest BCUT2D eigenvalue weighted by atomic mass is 10.1. The van der Waals surface area contributed by atoms with Crippen LogP contribution in [0.4, 0.5) is 0 Å². The second-order valence-electron chi connectivity index (χ2n) is 5.36. The predicted molar refractivity (Wildman–Crippen MR) is 90.3 cm³/mol. The fourth-order valence-corrected chi connectivity index (χ4v) is 4.78. The summed E-state index contributed by atoms with van der Waals surface area (Å²) >= 11 is 1.29. The molecule has 1 aromatic carbocycles. The van der Waals surface area contributed by atoms with Gasteiger partial charge in [-0.25, -0.2) is 8.42 Å². The Balaban J connectivity index is 1.96. The van der Waals surface area contributed by atoms with Gasteiger partial charge < -0.3 is 4.74 Å². The first kappa shape index (κ1) is 17.0. The molecule has 0 amide bonds. The summed E-state index contributed by atoms with van der Waals surface area (Å²) in [5.41, 5.74) is 2.26. The summed E-state index contributed by atoms with van der Waals surface area (Å²) in [6.07, 6.45) is 0. The Morgan fingerprint density at radius 2 is 1.73 bits per heavy atom. The molecule has 6 heteroatoms. The number of thiophene rings is 1. The van der Waals surface area contributed by atoms with Crippen LogP contribution in [0.15, 0.2) is 34.5 Å². The standard InChI is InChI=1S/C16H21NO3S2/c1-12-9-13(2)11-15(10-12)20-8-7-17(4)22(18,19)16-6-5-14(3)21-16/h5-6,9-11H,7-8H2,1-4H3. The van der Waals surface area contributed by atoms with Crippen LogP contribution in [0, 0.1) is 20.8 Å². The van der Waals surface area contributed by atoms with Crippen LogP contribution in [0.5, 0.6) is 5.75 Å². The molecule has 0 fully saturated rings. The molecule has 0 saturated heterocycles. The zero-order valence-electron chi connectivity index (χ0n) is 13.3. The minimum Gasteiger partial charge on any atom is -0.492 e. The maximum Gasteiger partial charge on any atom is 0.252 e. The van der Waals surface area contributed by atoms with Crippen LogP contribution in [0.25, 0.3) is 0 Å². The lowest BCUT2D eigenvalue weighted by Crippen LogP contribution is -2.30. The molecule has 2 rings (SSSR count). The van der Waals surface area contributed by atoms with E-state index in [1.54, 1.807) is 13.1 Å². The average molecular weight is 339 g/mol. The van der Waals surface area contributed by atoms with Crippen molar-refractivity contribution in [3.05, 3.63) is 46.3 Å². The fraction of sp³-hybridized carbons (Fsp3) is 0.375. The van der Waals surface area contributed by atoms with Gasteiger partial charge in [0.25, 0.3) is 10.0 Å². The van der Waals surface area contributed by atoms with Crippen molar-refractivity contribution in [2.75, 3.05) is 20.2 Å². The molecule has 0 aliphatic rings. The van der Waals surface area contributed by atoms with E-state index in [0.717, 1.165) is 21.8 Å². The van der Waals surface area contributed by atoms with Gasteiger partial charge in [0, 0.05) is 18.5 Å². The van der Waals surface area contributed by atoms with Crippen molar-refractivity contribution < 1.29 is 13.2 Å². The van der Waals surface area contributed by atoms with Crippen molar-refractivity contribution >= 4 is 21.4 Å². The Morgan fingerprint density at radius 3 is 2.27 bits per heavy atom. The molecule has 4 nitrogen and oxygen atoms in total. The number of sulfonamides is 1. The molecule has 22 heavy (non-hydrogen) atoms. The smallest absolute Gasteiger partial charge is 0.252 e. The van der Waals surface area contributed by atoms with Gasteiger partial charge in [-0.2, -0.15) is 4.31 Å². The van der Waals surface area contributed by atoms with E-state index in [-0.39, 0.29) is 0 Å². The number of hydrogen-bond acceptors (Lipinski definition) is 4. The van der Waals surface area contributed by atoms with Gasteiger partial charge in [0.05, 0.1) is 0 Å². The first-order valence-electron chi connectivity index (χ1n) is 7.03. The molecule has 0 aliphatic carbocycles. The van der Waals surface area contributed by atoms with Gasteiger partial charge in [0.15, 0.2) is 0 Å². The third-order valence-electron chi connectivity index (χ3n) is 3.25. The summed E-state index contributed by atoms with van der Waals surface area (Å²) in [4.78, 5) is 0.985. The van der Waals surface area contributed by atoms with E-state index in [9.17, 15) is 8.42 Å². The Hall–Kier alpha value is -1.37. The summed E-state index contributed by atoms with van der Waals surface area (Å²) < 4.78 is 32.1. The number of benzene rings is 1. The topological polar surface area (TPSA) is 46.6 Å². The monoisotopic (exact) mass is 339 g/mol. The zero-order valence-corrected chi connectivity index (χ0v) is 14.9. The molecule has 1 heterocycles. The number of likely N-dealkylation sites (N-methyl/N-ethyl adjacent to an activating group) is 1. The summed E-state index contributed by atoms with van der Waals surface area (Å²) in [5.74, 6) is 0.773. The number of nitrogens with zero attached hydrogens (tertiary/aromatic N) is 1. The summed E-state index contributed by atoms with van der Waals surface area (Å²) in [5, 5.41) is 0. The van der Waals surface area contributed by atoms with Gasteiger partial charge in [-0.15, -0.1) is 11.3 Å². The summed E-state index contributed by atoms with van der Waals surface area (Å²) in [6, 6.07) is 9.44. The molecule has 0 spiro atoms. The van der Waals surface area contributed by atoms with E-state index in [2.05, 4.69) is 6.07 Å². The van der Waals surface area contributed by atoms with Crippen LogP contribution >= 0.6 is 11.3 Å². The molecule has 120 valence electrons. The van der Waals surface area contributed by atoms with Gasteiger partial charge >= 0.3 is 0 Å². The molecule has 0 atom stereocenters. The minimum atomic E-state index is -3.42. The Labute approximate surface area is 136 Å². The molecule has 2 aromatic rings. The van der Waals surface area contributed by atoms with E-state index >= 15 is 0 Å². The van der Waals surface area contributed by atoms with E-state index in [1.165, 1.54) is 15.6 Å². The first-order chi connectivity index (χ1) is 10.3. The Bertz CT molecular complexity index is 730. The van der Waals surface area contributed by atoms with Crippen LogP contribution in [0.3, 0.4) is 0 Å². The molecule has 0 N–H and O–H groups in total. The van der Waals surface area contributed by atoms with Crippen LogP contribution < -0.4 is 4.74 Å². The second-order valence-corrected chi connectivity index (χ2v) is 8.92. The number of ether oxygens (including phenoxy) is 1. The Morgan fingerprint density at radius 1 is 1.09 bits per heavy atom. The van der Waals surface area contributed by atoms with Crippen LogP contribution in [0.2, 0.25) is 0 Å². The largest absolute Gasteiger partial charge is 0.492 e. The number of rotatable bonds is 6. The van der Waals surface area contributed by atoms with E-state index in [0.29, 0.717) is 17.4 Å². The van der Waals surface area contributed by atoms with Crippen LogP contribution in [-0.4, -0.2) is 32.9 Å². The molecular formula is C16H21NO3S2. The quantitative estimate of drug-likeness (QED) is 0.810. The Kier molecular flexibility index (Phi) is 5.26. The van der Waals surface area contributed by atoms with E-state index < -0.39 is 10.0 Å². The molecule has 0 saturated carbocycles. The molecule has 1 aromatic heterocycles. The fourth-order valence-electron chi connectivity index (χ4n) is 2.13. The van der Waals surface area contributed by atoms with Crippen LogP contribution in [0.1, 0.15) is 16.0 Å². The lowest BCUT2D eigenvalue weighted by Gasteiger charge is -2.16. The van der Waals surface area contributed by atoms with E-state index in [1.807, 2.05) is 39.0 Å². The summed E-state index contributed by atoms with van der Waals surface area (Å²) in [6.45, 7) is 6.55. The molecular weight excluding hydrogens is 318 g/mol. The number of aryl methyl sites for hydroxylation is 3. The van der Waals surface area contributed by atoms with Crippen molar-refractivity contribution in [2.45, 2.75) is 25.0 Å². The molecule has 0 unspecified atom stereocenters. The van der Waals surface area contributed by atoms with Gasteiger partial charge in [-0.05, 0) is 56.2 Å². The van der Waals surface area contributed by atoms with E-state index in [4.69, 9.17) is 4.74 Å². The molecule has 0 aliphatic heterocycles. The van der Waals surface area contributed by atoms with Crippen LogP contribution in [-0.2, 0) is 10.0 Å². The second kappa shape index (κ2) is 6.81. The van der Waals surface area contributed by atoms with Gasteiger partial charge in [0.2, 0.25) is 0 Å². The highest BCUT2D eigenvalue weighted by Crippen LogP contribution is 2.23. The van der Waals surface area contributed by atoms with Gasteiger partial charge in [-0.3, -0.25) is 0 Å². The highest BCUT2D eigenvalue weighted by Gasteiger charge is 2.22. The maximum absolute atomic E-state index is 12.4. The normalized spacial score (nSPS) is 11.9.